The highest BCUT2D eigenvalue weighted by Crippen LogP contribution is 2.19. The molecule has 7 nitrogen and oxygen atoms in total. The summed E-state index contributed by atoms with van der Waals surface area (Å²) < 4.78 is 5.35. The summed E-state index contributed by atoms with van der Waals surface area (Å²) in [6, 6.07) is 10.5. The lowest BCUT2D eigenvalue weighted by atomic mass is 10.1. The summed E-state index contributed by atoms with van der Waals surface area (Å²) in [5, 5.41) is 6.16. The Morgan fingerprint density at radius 3 is 2.71 bits per heavy atom. The molecule has 1 heterocycles. The first-order valence-corrected chi connectivity index (χ1v) is 7.79. The molecule has 2 aromatic rings. The molecule has 128 valence electrons. The summed E-state index contributed by atoms with van der Waals surface area (Å²) in [6.07, 6.45) is 1.52. The number of primary amides is 1. The van der Waals surface area contributed by atoms with Crippen molar-refractivity contribution in [1.29, 1.82) is 0 Å². The minimum absolute atomic E-state index is 0.406. The van der Waals surface area contributed by atoms with Gasteiger partial charge in [0.05, 0.1) is 6.04 Å². The predicted molar refractivity (Wildman–Crippen MR) is 90.1 cm³/mol. The van der Waals surface area contributed by atoms with Crippen LogP contribution in [0.1, 0.15) is 19.1 Å². The van der Waals surface area contributed by atoms with Gasteiger partial charge in [0, 0.05) is 18.1 Å². The third-order valence-electron chi connectivity index (χ3n) is 3.85. The summed E-state index contributed by atoms with van der Waals surface area (Å²) in [6.45, 7) is 2.40. The molecule has 0 aliphatic rings. The number of carbonyl (C=O) groups is 2. The van der Waals surface area contributed by atoms with Gasteiger partial charge in [0.15, 0.2) is 0 Å². The van der Waals surface area contributed by atoms with Crippen molar-refractivity contribution in [3.63, 3.8) is 0 Å². The Kier molecular flexibility index (Phi) is 6.08. The maximum Gasteiger partial charge on any atom is 0.318 e. The van der Waals surface area contributed by atoms with E-state index < -0.39 is 18.0 Å². The number of imide groups is 1. The third-order valence-corrected chi connectivity index (χ3v) is 3.85. The van der Waals surface area contributed by atoms with Gasteiger partial charge in [-0.05, 0) is 26.9 Å². The molecule has 0 aliphatic carbocycles. The lowest BCUT2D eigenvalue weighted by Crippen LogP contribution is -2.47. The monoisotopic (exact) mass is 330 g/mol. The number of likely N-dealkylation sites (N-methyl/N-ethyl adjacent to an activating group) is 1. The number of rotatable bonds is 7. The van der Waals surface area contributed by atoms with Crippen molar-refractivity contribution in [2.45, 2.75) is 25.8 Å². The van der Waals surface area contributed by atoms with E-state index in [-0.39, 0.29) is 0 Å². The van der Waals surface area contributed by atoms with Crippen LogP contribution in [-0.2, 0) is 11.2 Å². The average molecular weight is 330 g/mol. The first kappa shape index (κ1) is 17.7. The number of amides is 3. The number of nitrogens with two attached hydrogens (primary N) is 1. The summed E-state index contributed by atoms with van der Waals surface area (Å²) in [4.78, 5) is 24.3. The Hall–Kier alpha value is -2.67. The van der Waals surface area contributed by atoms with Crippen LogP contribution in [0.2, 0.25) is 0 Å². The van der Waals surface area contributed by atoms with Crippen molar-refractivity contribution in [3.8, 4) is 11.3 Å². The van der Waals surface area contributed by atoms with Crippen molar-refractivity contribution < 1.29 is 14.1 Å². The van der Waals surface area contributed by atoms with Crippen LogP contribution >= 0.6 is 0 Å². The van der Waals surface area contributed by atoms with Crippen LogP contribution < -0.4 is 11.1 Å². The van der Waals surface area contributed by atoms with Gasteiger partial charge in [-0.15, -0.1) is 0 Å². The molecule has 0 saturated heterocycles. The van der Waals surface area contributed by atoms with Crippen molar-refractivity contribution >= 4 is 11.9 Å². The molecule has 0 aliphatic heterocycles. The lowest BCUT2D eigenvalue weighted by molar-refractivity contribution is -0.124. The lowest BCUT2D eigenvalue weighted by Gasteiger charge is -2.22. The van der Waals surface area contributed by atoms with Gasteiger partial charge >= 0.3 is 6.03 Å². The molecule has 24 heavy (non-hydrogen) atoms. The molecular formula is C17H22N4O3. The minimum atomic E-state index is -0.838. The van der Waals surface area contributed by atoms with Crippen LogP contribution in [0.25, 0.3) is 11.3 Å². The number of hydrogen-bond acceptors (Lipinski definition) is 5. The fraction of sp³-hybridized carbons (Fsp3) is 0.353. The smallest absolute Gasteiger partial charge is 0.318 e. The van der Waals surface area contributed by atoms with Gasteiger partial charge in [-0.3, -0.25) is 15.0 Å². The van der Waals surface area contributed by atoms with E-state index in [9.17, 15) is 9.59 Å². The number of nitrogens with zero attached hydrogens (tertiary/aromatic N) is 2. The van der Waals surface area contributed by atoms with Gasteiger partial charge in [-0.2, -0.15) is 0 Å². The molecular weight excluding hydrogens is 308 g/mol. The molecule has 2 rings (SSSR count). The van der Waals surface area contributed by atoms with E-state index in [2.05, 4.69) is 10.5 Å². The van der Waals surface area contributed by atoms with E-state index in [0.717, 1.165) is 23.4 Å². The highest BCUT2D eigenvalue weighted by Gasteiger charge is 2.18. The fourth-order valence-corrected chi connectivity index (χ4v) is 2.30. The average Bonchev–Trinajstić information content (AvgIpc) is 3.03. The van der Waals surface area contributed by atoms with E-state index in [1.165, 1.54) is 0 Å². The van der Waals surface area contributed by atoms with E-state index in [4.69, 9.17) is 10.3 Å². The van der Waals surface area contributed by atoms with Crippen LogP contribution in [0.3, 0.4) is 0 Å². The largest absolute Gasteiger partial charge is 0.361 e. The van der Waals surface area contributed by atoms with Gasteiger partial charge in [-0.25, -0.2) is 4.79 Å². The standard InChI is InChI=1S/C17H22N4O3/c1-12(16(22)19-17(18)23)21(2)10-6-9-14-11-15(20-24-14)13-7-4-3-5-8-13/h3-5,7-8,11-12H,6,9-10H2,1-2H3,(H3,18,19,22,23)/t12-/m0/s1. The topological polar surface area (TPSA) is 101 Å². The summed E-state index contributed by atoms with van der Waals surface area (Å²) >= 11 is 0. The number of aryl methyl sites for hydroxylation is 1. The Bertz CT molecular complexity index is 684. The molecule has 0 fully saturated rings. The van der Waals surface area contributed by atoms with Crippen molar-refractivity contribution in [3.05, 3.63) is 42.2 Å². The number of benzene rings is 1. The van der Waals surface area contributed by atoms with Gasteiger partial charge in [0.1, 0.15) is 11.5 Å². The molecule has 7 heteroatoms. The molecule has 3 amide bonds. The zero-order valence-corrected chi connectivity index (χ0v) is 13.9. The highest BCUT2D eigenvalue weighted by molar-refractivity contribution is 5.96. The number of urea groups is 1. The maximum absolute atomic E-state index is 11.7. The van der Waals surface area contributed by atoms with Crippen LogP contribution in [0.15, 0.2) is 40.9 Å². The van der Waals surface area contributed by atoms with Crippen LogP contribution in [0.4, 0.5) is 4.79 Å². The second-order valence-electron chi connectivity index (χ2n) is 5.66. The zero-order chi connectivity index (χ0) is 17.5. The fourth-order valence-electron chi connectivity index (χ4n) is 2.30. The van der Waals surface area contributed by atoms with E-state index in [1.807, 2.05) is 48.3 Å². The molecule has 1 aromatic heterocycles. The second-order valence-corrected chi connectivity index (χ2v) is 5.66. The summed E-state index contributed by atoms with van der Waals surface area (Å²) in [5.41, 5.74) is 6.78. The molecule has 0 saturated carbocycles. The predicted octanol–water partition coefficient (Wildman–Crippen LogP) is 1.79. The minimum Gasteiger partial charge on any atom is -0.361 e. The second kappa shape index (κ2) is 8.26. The third kappa shape index (κ3) is 4.92. The zero-order valence-electron chi connectivity index (χ0n) is 13.9. The number of carbonyl (C=O) groups excluding carboxylic acids is 2. The van der Waals surface area contributed by atoms with Gasteiger partial charge in [0.2, 0.25) is 5.91 Å². The van der Waals surface area contributed by atoms with Crippen LogP contribution in [0.5, 0.6) is 0 Å². The van der Waals surface area contributed by atoms with E-state index in [1.54, 1.807) is 6.92 Å². The molecule has 1 aromatic carbocycles. The summed E-state index contributed by atoms with van der Waals surface area (Å²) in [5.74, 6) is 0.396. The van der Waals surface area contributed by atoms with Crippen LogP contribution in [0, 0.1) is 0 Å². The molecule has 1 atom stereocenters. The normalized spacial score (nSPS) is 12.1. The highest BCUT2D eigenvalue weighted by atomic mass is 16.5. The number of aromatic nitrogens is 1. The molecule has 0 bridgehead atoms. The first-order valence-electron chi connectivity index (χ1n) is 7.79. The maximum atomic E-state index is 11.7. The molecule has 0 radical (unpaired) electrons. The van der Waals surface area contributed by atoms with E-state index >= 15 is 0 Å². The Labute approximate surface area is 140 Å². The van der Waals surface area contributed by atoms with Gasteiger partial charge < -0.3 is 10.3 Å². The first-order chi connectivity index (χ1) is 11.5. The molecule has 0 spiro atoms. The Morgan fingerprint density at radius 1 is 1.33 bits per heavy atom. The Balaban J connectivity index is 1.81. The van der Waals surface area contributed by atoms with Crippen molar-refractivity contribution in [1.82, 2.24) is 15.4 Å². The van der Waals surface area contributed by atoms with Gasteiger partial charge in [-0.1, -0.05) is 35.5 Å². The van der Waals surface area contributed by atoms with Gasteiger partial charge in [0.25, 0.3) is 0 Å². The number of hydrogen-bond donors (Lipinski definition) is 2. The molecule has 0 unspecified atom stereocenters. The van der Waals surface area contributed by atoms with Crippen molar-refractivity contribution in [2.24, 2.45) is 5.73 Å². The molecule has 3 N–H and O–H groups in total. The van der Waals surface area contributed by atoms with Crippen molar-refractivity contribution in [2.75, 3.05) is 13.6 Å². The van der Waals surface area contributed by atoms with Crippen LogP contribution in [-0.4, -0.2) is 41.6 Å². The number of nitrogens with one attached hydrogen (secondary N) is 1. The summed E-state index contributed by atoms with van der Waals surface area (Å²) in [7, 11) is 1.82. The quantitative estimate of drug-likeness (QED) is 0.806. The SMILES string of the molecule is C[C@@H](C(=O)NC(N)=O)N(C)CCCc1cc(-c2ccccc2)no1. The Morgan fingerprint density at radius 2 is 2.04 bits per heavy atom. The van der Waals surface area contributed by atoms with E-state index in [0.29, 0.717) is 13.0 Å².